The normalized spacial score (nSPS) is 13.9. The van der Waals surface area contributed by atoms with E-state index in [9.17, 15) is 4.79 Å². The Morgan fingerprint density at radius 1 is 1.18 bits per heavy atom. The quantitative estimate of drug-likeness (QED) is 0.773. The fraction of sp³-hybridized carbons (Fsp3) is 0.0769. The third kappa shape index (κ3) is 1.68. The van der Waals surface area contributed by atoms with Gasteiger partial charge >= 0.3 is 0 Å². The van der Waals surface area contributed by atoms with E-state index in [1.54, 1.807) is 23.2 Å². The van der Waals surface area contributed by atoms with Crippen LogP contribution in [0.2, 0.25) is 5.02 Å². The lowest BCUT2D eigenvalue weighted by Crippen LogP contribution is -2.23. The number of carbonyl (C=O) groups is 1. The summed E-state index contributed by atoms with van der Waals surface area (Å²) in [6, 6.07) is 11.0. The number of amides is 1. The molecule has 2 aromatic rings. The lowest BCUT2D eigenvalue weighted by atomic mass is 10.2. The number of pyridine rings is 1. The molecule has 1 aliphatic rings. The molecule has 0 aliphatic carbocycles. The molecular weight excluding hydrogens is 236 g/mol. The van der Waals surface area contributed by atoms with E-state index in [0.29, 0.717) is 17.3 Å². The molecule has 0 fully saturated rings. The number of halogens is 1. The van der Waals surface area contributed by atoms with Gasteiger partial charge in [-0.1, -0.05) is 17.7 Å². The van der Waals surface area contributed by atoms with Gasteiger partial charge in [-0.25, -0.2) is 0 Å². The van der Waals surface area contributed by atoms with E-state index in [1.165, 1.54) is 0 Å². The molecule has 2 heterocycles. The molecule has 17 heavy (non-hydrogen) atoms. The van der Waals surface area contributed by atoms with Gasteiger partial charge < -0.3 is 4.90 Å². The molecule has 0 saturated heterocycles. The first kappa shape index (κ1) is 10.3. The highest BCUT2D eigenvalue weighted by atomic mass is 35.5. The first-order valence-corrected chi connectivity index (χ1v) is 5.65. The Bertz CT molecular complexity index is 580. The molecular formula is C13H9ClN2O. The first-order valence-electron chi connectivity index (χ1n) is 5.27. The van der Waals surface area contributed by atoms with Crippen molar-refractivity contribution < 1.29 is 4.79 Å². The number of rotatable bonds is 1. The van der Waals surface area contributed by atoms with Gasteiger partial charge in [-0.05, 0) is 30.3 Å². The molecule has 0 unspecified atom stereocenters. The number of fused-ring (bicyclic) bond motifs is 1. The van der Waals surface area contributed by atoms with Crippen molar-refractivity contribution in [2.45, 2.75) is 6.54 Å². The third-order valence-corrected chi connectivity index (χ3v) is 3.06. The zero-order valence-corrected chi connectivity index (χ0v) is 9.69. The zero-order valence-electron chi connectivity index (χ0n) is 8.93. The van der Waals surface area contributed by atoms with Crippen LogP contribution < -0.4 is 4.90 Å². The highest BCUT2D eigenvalue weighted by molar-refractivity contribution is 6.30. The summed E-state index contributed by atoms with van der Waals surface area (Å²) in [6.45, 7) is 0.573. The molecule has 0 radical (unpaired) electrons. The number of hydrogen-bond donors (Lipinski definition) is 0. The molecule has 3 nitrogen and oxygen atoms in total. The Morgan fingerprint density at radius 3 is 2.65 bits per heavy atom. The largest absolute Gasteiger partial charge is 0.303 e. The maximum absolute atomic E-state index is 12.1. The summed E-state index contributed by atoms with van der Waals surface area (Å²) in [5.41, 5.74) is 2.35. The number of benzene rings is 1. The van der Waals surface area contributed by atoms with Crippen molar-refractivity contribution in [3.63, 3.8) is 0 Å². The van der Waals surface area contributed by atoms with Crippen molar-refractivity contribution in [3.8, 4) is 0 Å². The third-order valence-electron chi connectivity index (χ3n) is 2.81. The minimum absolute atomic E-state index is 0.0528. The van der Waals surface area contributed by atoms with Crippen molar-refractivity contribution in [3.05, 3.63) is 58.9 Å². The molecule has 0 saturated carbocycles. The summed E-state index contributed by atoms with van der Waals surface area (Å²) in [5, 5.41) is 0.663. The standard InChI is InChI=1S/C13H9ClN2O/c14-10-3-5-11(6-4-10)16-8-9-2-1-7-15-12(9)13(16)17/h1-7H,8H2. The van der Waals surface area contributed by atoms with Crippen LogP contribution in [0.15, 0.2) is 42.6 Å². The van der Waals surface area contributed by atoms with Gasteiger partial charge in [0.25, 0.3) is 5.91 Å². The van der Waals surface area contributed by atoms with Gasteiger partial charge in [0.2, 0.25) is 0 Å². The number of nitrogens with zero attached hydrogens (tertiary/aromatic N) is 2. The summed E-state index contributed by atoms with van der Waals surface area (Å²) in [7, 11) is 0. The van der Waals surface area contributed by atoms with Crippen molar-refractivity contribution in [2.75, 3.05) is 4.90 Å². The van der Waals surface area contributed by atoms with E-state index in [4.69, 9.17) is 11.6 Å². The number of aromatic nitrogens is 1. The smallest absolute Gasteiger partial charge is 0.277 e. The van der Waals surface area contributed by atoms with E-state index in [0.717, 1.165) is 11.3 Å². The van der Waals surface area contributed by atoms with E-state index in [1.807, 2.05) is 24.3 Å². The van der Waals surface area contributed by atoms with Gasteiger partial charge in [-0.2, -0.15) is 0 Å². The number of hydrogen-bond acceptors (Lipinski definition) is 2. The molecule has 0 bridgehead atoms. The fourth-order valence-corrected chi connectivity index (χ4v) is 2.08. The van der Waals surface area contributed by atoms with Gasteiger partial charge in [0.1, 0.15) is 5.69 Å². The summed E-state index contributed by atoms with van der Waals surface area (Å²) in [5.74, 6) is -0.0528. The van der Waals surface area contributed by atoms with Crippen molar-refractivity contribution >= 4 is 23.2 Å². The van der Waals surface area contributed by atoms with E-state index in [2.05, 4.69) is 4.98 Å². The average Bonchev–Trinajstić information content (AvgIpc) is 2.69. The van der Waals surface area contributed by atoms with Crippen molar-refractivity contribution in [2.24, 2.45) is 0 Å². The maximum atomic E-state index is 12.1. The molecule has 1 aromatic carbocycles. The lowest BCUT2D eigenvalue weighted by Gasteiger charge is -2.15. The monoisotopic (exact) mass is 244 g/mol. The molecule has 0 N–H and O–H groups in total. The van der Waals surface area contributed by atoms with Crippen LogP contribution in [0, 0.1) is 0 Å². The Morgan fingerprint density at radius 2 is 1.94 bits per heavy atom. The Hall–Kier alpha value is -1.87. The highest BCUT2D eigenvalue weighted by Crippen LogP contribution is 2.27. The number of carbonyl (C=O) groups excluding carboxylic acids is 1. The molecule has 84 valence electrons. The van der Waals surface area contributed by atoms with E-state index in [-0.39, 0.29) is 5.91 Å². The summed E-state index contributed by atoms with van der Waals surface area (Å²) in [6.07, 6.45) is 1.64. The first-order chi connectivity index (χ1) is 8.25. The second-order valence-electron chi connectivity index (χ2n) is 3.88. The van der Waals surface area contributed by atoms with E-state index < -0.39 is 0 Å². The van der Waals surface area contributed by atoms with Gasteiger partial charge in [-0.15, -0.1) is 0 Å². The molecule has 0 atom stereocenters. The van der Waals surface area contributed by atoms with Crippen LogP contribution in [-0.2, 0) is 6.54 Å². The molecule has 3 rings (SSSR count). The maximum Gasteiger partial charge on any atom is 0.277 e. The second kappa shape index (κ2) is 3.86. The SMILES string of the molecule is O=C1c2ncccc2CN1c1ccc(Cl)cc1. The van der Waals surface area contributed by atoms with Crippen molar-refractivity contribution in [1.82, 2.24) is 4.98 Å². The number of anilines is 1. The summed E-state index contributed by atoms with van der Waals surface area (Å²) in [4.78, 5) is 17.9. The van der Waals surface area contributed by atoms with Crippen LogP contribution in [0.1, 0.15) is 16.1 Å². The Kier molecular flexibility index (Phi) is 2.34. The van der Waals surface area contributed by atoms with Gasteiger partial charge in [0, 0.05) is 22.5 Å². The molecule has 0 spiro atoms. The van der Waals surface area contributed by atoms with Gasteiger partial charge in [-0.3, -0.25) is 9.78 Å². The summed E-state index contributed by atoms with van der Waals surface area (Å²) >= 11 is 5.83. The van der Waals surface area contributed by atoms with Crippen LogP contribution in [0.5, 0.6) is 0 Å². The second-order valence-corrected chi connectivity index (χ2v) is 4.32. The predicted octanol–water partition coefficient (Wildman–Crippen LogP) is 2.90. The van der Waals surface area contributed by atoms with Crippen LogP contribution >= 0.6 is 11.6 Å². The fourth-order valence-electron chi connectivity index (χ4n) is 1.96. The molecule has 1 aliphatic heterocycles. The zero-order chi connectivity index (χ0) is 11.8. The van der Waals surface area contributed by atoms with Crippen LogP contribution in [0.4, 0.5) is 5.69 Å². The van der Waals surface area contributed by atoms with Crippen molar-refractivity contribution in [1.29, 1.82) is 0 Å². The Balaban J connectivity index is 1.99. The van der Waals surface area contributed by atoms with Crippen LogP contribution in [0.25, 0.3) is 0 Å². The van der Waals surface area contributed by atoms with E-state index >= 15 is 0 Å². The molecule has 1 aromatic heterocycles. The predicted molar refractivity (Wildman–Crippen MR) is 66.2 cm³/mol. The van der Waals surface area contributed by atoms with Crippen LogP contribution in [0.3, 0.4) is 0 Å². The lowest BCUT2D eigenvalue weighted by molar-refractivity contribution is 0.0992. The average molecular weight is 245 g/mol. The molecule has 4 heteroatoms. The van der Waals surface area contributed by atoms with Gasteiger partial charge in [0.05, 0.1) is 6.54 Å². The Labute approximate surface area is 104 Å². The topological polar surface area (TPSA) is 33.2 Å². The van der Waals surface area contributed by atoms with Crippen LogP contribution in [-0.4, -0.2) is 10.9 Å². The minimum Gasteiger partial charge on any atom is -0.303 e. The highest BCUT2D eigenvalue weighted by Gasteiger charge is 2.29. The molecule has 1 amide bonds. The van der Waals surface area contributed by atoms with Gasteiger partial charge in [0.15, 0.2) is 0 Å². The summed E-state index contributed by atoms with van der Waals surface area (Å²) < 4.78 is 0. The minimum atomic E-state index is -0.0528.